The summed E-state index contributed by atoms with van der Waals surface area (Å²) >= 11 is 0. The van der Waals surface area contributed by atoms with Gasteiger partial charge in [-0.05, 0) is 54.0 Å². The molecule has 3 rings (SSSR count). The molecule has 1 amide bonds. The first-order valence-corrected chi connectivity index (χ1v) is 12.2. The molecule has 5 nitrogen and oxygen atoms in total. The van der Waals surface area contributed by atoms with Crippen LogP contribution in [-0.2, 0) is 10.0 Å². The first-order chi connectivity index (χ1) is 14.2. The number of hydrogen-bond acceptors (Lipinski definition) is 3. The third-order valence-corrected chi connectivity index (χ3v) is 7.56. The van der Waals surface area contributed by atoms with Crippen LogP contribution in [0, 0.1) is 0 Å². The van der Waals surface area contributed by atoms with Gasteiger partial charge >= 0.3 is 0 Å². The van der Waals surface area contributed by atoms with Crippen molar-refractivity contribution in [3.05, 3.63) is 59.2 Å². The van der Waals surface area contributed by atoms with Crippen LogP contribution in [-0.4, -0.2) is 31.7 Å². The molecule has 0 radical (unpaired) electrons. The van der Waals surface area contributed by atoms with Gasteiger partial charge in [-0.15, -0.1) is 0 Å². The zero-order chi connectivity index (χ0) is 21.9. The lowest BCUT2D eigenvalue weighted by Crippen LogP contribution is -2.35. The van der Waals surface area contributed by atoms with Crippen LogP contribution in [0.1, 0.15) is 80.3 Å². The molecule has 0 atom stereocenters. The summed E-state index contributed by atoms with van der Waals surface area (Å²) in [6.07, 6.45) is 2.81. The monoisotopic (exact) mass is 428 g/mol. The average molecular weight is 429 g/mol. The Labute approximate surface area is 180 Å². The summed E-state index contributed by atoms with van der Waals surface area (Å²) in [5.74, 6) is 0.218. The maximum absolute atomic E-state index is 13.1. The summed E-state index contributed by atoms with van der Waals surface area (Å²) in [6.45, 7) is 9.47. The lowest BCUT2D eigenvalue weighted by molar-refractivity contribution is 0.102. The average Bonchev–Trinajstić information content (AvgIpc) is 2.74. The highest BCUT2D eigenvalue weighted by molar-refractivity contribution is 7.89. The van der Waals surface area contributed by atoms with Crippen molar-refractivity contribution in [3.8, 4) is 0 Å². The topological polar surface area (TPSA) is 66.5 Å². The highest BCUT2D eigenvalue weighted by Gasteiger charge is 2.26. The molecule has 0 bridgehead atoms. The van der Waals surface area contributed by atoms with Crippen LogP contribution in [0.25, 0.3) is 0 Å². The minimum absolute atomic E-state index is 0.179. The lowest BCUT2D eigenvalue weighted by atomic mass is 9.92. The highest BCUT2D eigenvalue weighted by atomic mass is 32.2. The summed E-state index contributed by atoms with van der Waals surface area (Å²) in [6, 6.07) is 12.5. The third kappa shape index (κ3) is 4.76. The van der Waals surface area contributed by atoms with Crippen molar-refractivity contribution in [1.82, 2.24) is 4.31 Å². The molecule has 162 valence electrons. The third-order valence-electron chi connectivity index (χ3n) is 5.66. The van der Waals surface area contributed by atoms with E-state index in [2.05, 4.69) is 33.0 Å². The normalized spacial score (nSPS) is 15.5. The number of anilines is 1. The molecule has 0 aliphatic carbocycles. The molecular formula is C24H32N2O3S. The molecule has 2 aromatic carbocycles. The Morgan fingerprint density at radius 2 is 1.47 bits per heavy atom. The van der Waals surface area contributed by atoms with Crippen LogP contribution >= 0.6 is 0 Å². The Bertz CT molecular complexity index is 981. The van der Waals surface area contributed by atoms with Crippen molar-refractivity contribution < 1.29 is 13.2 Å². The van der Waals surface area contributed by atoms with Crippen LogP contribution in [0.2, 0.25) is 0 Å². The second-order valence-electron chi connectivity index (χ2n) is 8.57. The van der Waals surface area contributed by atoms with Gasteiger partial charge in [0, 0.05) is 24.3 Å². The highest BCUT2D eigenvalue weighted by Crippen LogP contribution is 2.33. The molecule has 1 heterocycles. The van der Waals surface area contributed by atoms with Crippen molar-refractivity contribution in [2.75, 3.05) is 18.4 Å². The van der Waals surface area contributed by atoms with Gasteiger partial charge in [0.1, 0.15) is 0 Å². The molecule has 6 heteroatoms. The molecule has 2 aromatic rings. The standard InChI is InChI=1S/C24H32N2O3S/c1-17(2)21-12-9-13-22(18(3)4)23(21)25-24(27)19-10-8-11-20(16-19)30(28,29)26-14-6-5-7-15-26/h8-13,16-18H,5-7,14-15H2,1-4H3,(H,25,27). The smallest absolute Gasteiger partial charge is 0.255 e. The molecule has 0 spiro atoms. The number of sulfonamides is 1. The molecule has 0 aromatic heterocycles. The van der Waals surface area contributed by atoms with E-state index in [1.54, 1.807) is 18.2 Å². The predicted octanol–water partition coefficient (Wildman–Crippen LogP) is 5.36. The Balaban J connectivity index is 1.92. The Morgan fingerprint density at radius 3 is 2.03 bits per heavy atom. The minimum Gasteiger partial charge on any atom is -0.321 e. The van der Waals surface area contributed by atoms with Gasteiger partial charge in [0.25, 0.3) is 5.91 Å². The van der Waals surface area contributed by atoms with E-state index < -0.39 is 10.0 Å². The van der Waals surface area contributed by atoms with Crippen LogP contribution < -0.4 is 5.32 Å². The second-order valence-corrected chi connectivity index (χ2v) is 10.5. The number of benzene rings is 2. The number of carbonyl (C=O) groups excluding carboxylic acids is 1. The Morgan fingerprint density at radius 1 is 0.900 bits per heavy atom. The minimum atomic E-state index is -3.58. The largest absolute Gasteiger partial charge is 0.321 e. The molecule has 1 saturated heterocycles. The van der Waals surface area contributed by atoms with E-state index in [4.69, 9.17) is 0 Å². The molecule has 0 unspecified atom stereocenters. The number of amides is 1. The van der Waals surface area contributed by atoms with Gasteiger partial charge < -0.3 is 5.32 Å². The maximum atomic E-state index is 13.1. The fourth-order valence-electron chi connectivity index (χ4n) is 3.93. The lowest BCUT2D eigenvalue weighted by Gasteiger charge is -2.26. The summed E-state index contributed by atoms with van der Waals surface area (Å²) in [5.41, 5.74) is 3.33. The van der Waals surface area contributed by atoms with Crippen molar-refractivity contribution in [1.29, 1.82) is 0 Å². The van der Waals surface area contributed by atoms with Gasteiger partial charge in [-0.3, -0.25) is 4.79 Å². The van der Waals surface area contributed by atoms with Crippen molar-refractivity contribution in [2.45, 2.75) is 63.7 Å². The van der Waals surface area contributed by atoms with E-state index in [1.807, 2.05) is 18.2 Å². The Kier molecular flexibility index (Phi) is 6.98. The van der Waals surface area contributed by atoms with Gasteiger partial charge in [-0.1, -0.05) is 58.4 Å². The van der Waals surface area contributed by atoms with E-state index in [0.29, 0.717) is 18.7 Å². The molecule has 1 aliphatic rings. The summed E-state index contributed by atoms with van der Waals surface area (Å²) in [5, 5.41) is 3.07. The summed E-state index contributed by atoms with van der Waals surface area (Å²) < 4.78 is 27.5. The first kappa shape index (κ1) is 22.5. The molecule has 30 heavy (non-hydrogen) atoms. The van der Waals surface area contributed by atoms with E-state index in [0.717, 1.165) is 36.1 Å². The Hall–Kier alpha value is -2.18. The van der Waals surface area contributed by atoms with Crippen molar-refractivity contribution in [2.24, 2.45) is 0 Å². The molecule has 0 saturated carbocycles. The van der Waals surface area contributed by atoms with Crippen LogP contribution in [0.5, 0.6) is 0 Å². The fourth-order valence-corrected chi connectivity index (χ4v) is 5.50. The van der Waals surface area contributed by atoms with Gasteiger partial charge in [0.05, 0.1) is 4.90 Å². The van der Waals surface area contributed by atoms with Crippen molar-refractivity contribution in [3.63, 3.8) is 0 Å². The van der Waals surface area contributed by atoms with E-state index in [1.165, 1.54) is 10.4 Å². The number of carbonyl (C=O) groups is 1. The van der Waals surface area contributed by atoms with Gasteiger partial charge in [0.15, 0.2) is 0 Å². The number of nitrogens with one attached hydrogen (secondary N) is 1. The molecule has 1 aliphatic heterocycles. The number of rotatable bonds is 6. The summed E-state index contributed by atoms with van der Waals surface area (Å²) in [4.78, 5) is 13.3. The van der Waals surface area contributed by atoms with Crippen LogP contribution in [0.4, 0.5) is 5.69 Å². The van der Waals surface area contributed by atoms with Crippen LogP contribution in [0.15, 0.2) is 47.4 Å². The maximum Gasteiger partial charge on any atom is 0.255 e. The molecule has 1 fully saturated rings. The first-order valence-electron chi connectivity index (χ1n) is 10.8. The van der Waals surface area contributed by atoms with Crippen LogP contribution in [0.3, 0.4) is 0 Å². The number of para-hydroxylation sites is 1. The van der Waals surface area contributed by atoms with E-state index in [9.17, 15) is 13.2 Å². The molecular weight excluding hydrogens is 396 g/mol. The second kappa shape index (κ2) is 9.31. The number of piperidine rings is 1. The quantitative estimate of drug-likeness (QED) is 0.673. The SMILES string of the molecule is CC(C)c1cccc(C(C)C)c1NC(=O)c1cccc(S(=O)(=O)N2CCCCC2)c1. The van der Waals surface area contributed by atoms with Gasteiger partial charge in [-0.25, -0.2) is 8.42 Å². The van der Waals surface area contributed by atoms with E-state index in [-0.39, 0.29) is 22.6 Å². The van der Waals surface area contributed by atoms with Gasteiger partial charge in [-0.2, -0.15) is 4.31 Å². The predicted molar refractivity (Wildman–Crippen MR) is 122 cm³/mol. The number of nitrogens with zero attached hydrogens (tertiary/aromatic N) is 1. The zero-order valence-corrected chi connectivity index (χ0v) is 19.1. The van der Waals surface area contributed by atoms with Gasteiger partial charge in [0.2, 0.25) is 10.0 Å². The number of hydrogen-bond donors (Lipinski definition) is 1. The molecule has 1 N–H and O–H groups in total. The van der Waals surface area contributed by atoms with Crippen molar-refractivity contribution >= 4 is 21.6 Å². The summed E-state index contributed by atoms with van der Waals surface area (Å²) in [7, 11) is -3.58. The fraction of sp³-hybridized carbons (Fsp3) is 0.458. The zero-order valence-electron chi connectivity index (χ0n) is 18.3. The van der Waals surface area contributed by atoms with E-state index >= 15 is 0 Å².